The van der Waals surface area contributed by atoms with Crippen LogP contribution in [0.4, 0.5) is 0 Å². The van der Waals surface area contributed by atoms with Crippen molar-refractivity contribution in [1.82, 2.24) is 15.1 Å². The molecule has 20 heavy (non-hydrogen) atoms. The van der Waals surface area contributed by atoms with Gasteiger partial charge in [0.05, 0.1) is 11.9 Å². The van der Waals surface area contributed by atoms with Crippen LogP contribution in [0.25, 0.3) is 0 Å². The Morgan fingerprint density at radius 3 is 2.55 bits per heavy atom. The van der Waals surface area contributed by atoms with Gasteiger partial charge in [-0.3, -0.25) is 9.69 Å². The minimum Gasteiger partial charge on any atom is -0.480 e. The van der Waals surface area contributed by atoms with E-state index in [-0.39, 0.29) is 11.3 Å². The molecule has 0 aromatic rings. The number of hydrogen-bond acceptors (Lipinski definition) is 5. The van der Waals surface area contributed by atoms with Crippen molar-refractivity contribution in [2.24, 2.45) is 5.92 Å². The molecule has 112 valence electrons. The van der Waals surface area contributed by atoms with Gasteiger partial charge in [0.2, 0.25) is 5.91 Å². The molecule has 6 nitrogen and oxygen atoms in total. The van der Waals surface area contributed by atoms with Crippen molar-refractivity contribution in [3.05, 3.63) is 0 Å². The quantitative estimate of drug-likeness (QED) is 0.740. The number of hydrogen-bond donors (Lipinski definition) is 2. The fourth-order valence-electron chi connectivity index (χ4n) is 2.92. The largest absolute Gasteiger partial charge is 0.480 e. The van der Waals surface area contributed by atoms with E-state index in [1.54, 1.807) is 16.7 Å². The highest BCUT2D eigenvalue weighted by atomic mass is 32.2. The van der Waals surface area contributed by atoms with Crippen LogP contribution < -0.4 is 5.32 Å². The van der Waals surface area contributed by atoms with E-state index < -0.39 is 12.0 Å². The summed E-state index contributed by atoms with van der Waals surface area (Å²) in [6, 6.07) is -0.638. The normalized spacial score (nSPS) is 31.5. The standard InChI is InChI=1S/C13H21N3O3S/c17-11(7-15-5-3-14-4-6-15)16-10(13(18)19)8-20-12(16)9-1-2-9/h9-10,12,14H,1-8H2,(H,18,19). The minimum absolute atomic E-state index is 0.0128. The number of amides is 1. The van der Waals surface area contributed by atoms with Crippen LogP contribution in [0, 0.1) is 5.92 Å². The molecule has 0 spiro atoms. The molecule has 2 N–H and O–H groups in total. The lowest BCUT2D eigenvalue weighted by atomic mass is 10.2. The number of aliphatic carboxylic acids is 1. The zero-order valence-electron chi connectivity index (χ0n) is 11.5. The maximum Gasteiger partial charge on any atom is 0.327 e. The Labute approximate surface area is 122 Å². The lowest BCUT2D eigenvalue weighted by Crippen LogP contribution is -2.52. The third-order valence-electron chi connectivity index (χ3n) is 4.20. The van der Waals surface area contributed by atoms with Gasteiger partial charge in [-0.25, -0.2) is 4.79 Å². The third kappa shape index (κ3) is 2.94. The molecule has 0 aromatic heterocycles. The van der Waals surface area contributed by atoms with Crippen molar-refractivity contribution < 1.29 is 14.7 Å². The molecule has 3 fully saturated rings. The molecule has 2 heterocycles. The van der Waals surface area contributed by atoms with Gasteiger partial charge in [0, 0.05) is 31.9 Å². The van der Waals surface area contributed by atoms with E-state index >= 15 is 0 Å². The molecular formula is C13H21N3O3S. The summed E-state index contributed by atoms with van der Waals surface area (Å²) < 4.78 is 0. The van der Waals surface area contributed by atoms with Gasteiger partial charge in [-0.15, -0.1) is 11.8 Å². The second kappa shape index (κ2) is 5.91. The van der Waals surface area contributed by atoms with E-state index in [0.29, 0.717) is 18.2 Å². The highest BCUT2D eigenvalue weighted by molar-refractivity contribution is 8.00. The first-order chi connectivity index (χ1) is 9.66. The Hall–Kier alpha value is -0.790. The molecule has 0 bridgehead atoms. The van der Waals surface area contributed by atoms with Gasteiger partial charge in [-0.2, -0.15) is 0 Å². The summed E-state index contributed by atoms with van der Waals surface area (Å²) in [6.07, 6.45) is 2.25. The summed E-state index contributed by atoms with van der Waals surface area (Å²) in [5.74, 6) is 0.163. The average Bonchev–Trinajstić information content (AvgIpc) is 3.17. The molecule has 1 amide bonds. The molecular weight excluding hydrogens is 278 g/mol. The van der Waals surface area contributed by atoms with Crippen LogP contribution >= 0.6 is 11.8 Å². The number of carboxylic acids is 1. The van der Waals surface area contributed by atoms with Crippen molar-refractivity contribution in [2.75, 3.05) is 38.5 Å². The van der Waals surface area contributed by atoms with Crippen molar-refractivity contribution in [1.29, 1.82) is 0 Å². The average molecular weight is 299 g/mol. The summed E-state index contributed by atoms with van der Waals surface area (Å²) in [6.45, 7) is 3.87. The molecule has 0 radical (unpaired) electrons. The molecule has 2 saturated heterocycles. The maximum atomic E-state index is 12.6. The van der Waals surface area contributed by atoms with Crippen molar-refractivity contribution in [3.63, 3.8) is 0 Å². The summed E-state index contributed by atoms with van der Waals surface area (Å²) in [5, 5.41) is 12.7. The lowest BCUT2D eigenvalue weighted by Gasteiger charge is -2.32. The molecule has 2 atom stereocenters. The van der Waals surface area contributed by atoms with Crippen molar-refractivity contribution in [3.8, 4) is 0 Å². The molecule has 3 rings (SSSR count). The third-order valence-corrected chi connectivity index (χ3v) is 5.66. The van der Waals surface area contributed by atoms with Gasteiger partial charge in [0.15, 0.2) is 0 Å². The second-order valence-electron chi connectivity index (χ2n) is 5.74. The molecule has 2 aliphatic heterocycles. The van der Waals surface area contributed by atoms with E-state index in [4.69, 9.17) is 0 Å². The fourth-order valence-corrected chi connectivity index (χ4v) is 4.57. The number of carboxylic acid groups (broad SMARTS) is 1. The summed E-state index contributed by atoms with van der Waals surface area (Å²) in [5.41, 5.74) is 0. The van der Waals surface area contributed by atoms with Crippen molar-refractivity contribution >= 4 is 23.6 Å². The Morgan fingerprint density at radius 2 is 1.95 bits per heavy atom. The van der Waals surface area contributed by atoms with Crippen LogP contribution in [0.1, 0.15) is 12.8 Å². The SMILES string of the molecule is O=C(O)C1CSC(C2CC2)N1C(=O)CN1CCNCC1. The highest BCUT2D eigenvalue weighted by Gasteiger charge is 2.48. The maximum absolute atomic E-state index is 12.6. The van der Waals surface area contributed by atoms with Crippen LogP contribution in [0.15, 0.2) is 0 Å². The van der Waals surface area contributed by atoms with Gasteiger partial charge in [0.25, 0.3) is 0 Å². The number of nitrogens with zero attached hydrogens (tertiary/aromatic N) is 2. The number of thioether (sulfide) groups is 1. The number of piperazine rings is 1. The topological polar surface area (TPSA) is 72.9 Å². The summed E-state index contributed by atoms with van der Waals surface area (Å²) in [4.78, 5) is 27.7. The zero-order chi connectivity index (χ0) is 14.1. The van der Waals surface area contributed by atoms with Crippen LogP contribution in [-0.2, 0) is 9.59 Å². The van der Waals surface area contributed by atoms with Gasteiger partial charge in [-0.1, -0.05) is 0 Å². The van der Waals surface area contributed by atoms with Gasteiger partial charge in [-0.05, 0) is 18.8 Å². The fraction of sp³-hybridized carbons (Fsp3) is 0.846. The number of rotatable bonds is 4. The minimum atomic E-state index is -0.866. The predicted octanol–water partition coefficient (Wildman–Crippen LogP) is -0.344. The second-order valence-corrected chi connectivity index (χ2v) is 6.89. The first-order valence-corrected chi connectivity index (χ1v) is 8.30. The van der Waals surface area contributed by atoms with Crippen LogP contribution in [0.2, 0.25) is 0 Å². The Morgan fingerprint density at radius 1 is 1.25 bits per heavy atom. The summed E-state index contributed by atoms with van der Waals surface area (Å²) >= 11 is 1.64. The molecule has 3 aliphatic rings. The zero-order valence-corrected chi connectivity index (χ0v) is 12.3. The Kier molecular flexibility index (Phi) is 4.18. The first-order valence-electron chi connectivity index (χ1n) is 7.25. The Bertz CT molecular complexity index is 396. The predicted molar refractivity (Wildman–Crippen MR) is 76.5 cm³/mol. The van der Waals surface area contributed by atoms with Crippen molar-refractivity contribution in [2.45, 2.75) is 24.3 Å². The van der Waals surface area contributed by atoms with Crippen LogP contribution in [0.3, 0.4) is 0 Å². The van der Waals surface area contributed by atoms with Gasteiger partial charge in [0.1, 0.15) is 6.04 Å². The monoisotopic (exact) mass is 299 g/mol. The van der Waals surface area contributed by atoms with Crippen LogP contribution in [0.5, 0.6) is 0 Å². The first kappa shape index (κ1) is 14.2. The van der Waals surface area contributed by atoms with E-state index in [1.807, 2.05) is 0 Å². The lowest BCUT2D eigenvalue weighted by molar-refractivity contribution is -0.149. The van der Waals surface area contributed by atoms with E-state index in [1.165, 1.54) is 0 Å². The highest BCUT2D eigenvalue weighted by Crippen LogP contribution is 2.45. The molecule has 1 saturated carbocycles. The van der Waals surface area contributed by atoms with Crippen LogP contribution in [-0.4, -0.2) is 76.7 Å². The van der Waals surface area contributed by atoms with E-state index in [2.05, 4.69) is 10.2 Å². The number of carbonyl (C=O) groups is 2. The summed E-state index contributed by atoms with van der Waals surface area (Å²) in [7, 11) is 0. The molecule has 0 aromatic carbocycles. The van der Waals surface area contributed by atoms with Gasteiger partial charge >= 0.3 is 5.97 Å². The smallest absolute Gasteiger partial charge is 0.327 e. The molecule has 1 aliphatic carbocycles. The van der Waals surface area contributed by atoms with E-state index in [0.717, 1.165) is 39.0 Å². The molecule has 2 unspecified atom stereocenters. The van der Waals surface area contributed by atoms with E-state index in [9.17, 15) is 14.7 Å². The number of carbonyl (C=O) groups excluding carboxylic acids is 1. The number of nitrogens with one attached hydrogen (secondary N) is 1. The van der Waals surface area contributed by atoms with Gasteiger partial charge < -0.3 is 15.3 Å². The Balaban J connectivity index is 1.66. The molecule has 7 heteroatoms.